The third-order valence-corrected chi connectivity index (χ3v) is 6.07. The summed E-state index contributed by atoms with van der Waals surface area (Å²) in [6, 6.07) is 8.52. The van der Waals surface area contributed by atoms with E-state index in [1.54, 1.807) is 17.7 Å². The van der Waals surface area contributed by atoms with Crippen LogP contribution in [0.4, 0.5) is 11.5 Å². The maximum atomic E-state index is 5.42. The molecular weight excluding hydrogens is 358 g/mol. The second-order valence-electron chi connectivity index (χ2n) is 6.64. The fourth-order valence-corrected chi connectivity index (χ4v) is 4.20. The molecule has 0 radical (unpaired) electrons. The molecule has 0 saturated carbocycles. The molecule has 4 rings (SSSR count). The lowest BCUT2D eigenvalue weighted by Gasteiger charge is -2.28. The Morgan fingerprint density at radius 1 is 1.15 bits per heavy atom. The quantitative estimate of drug-likeness (QED) is 0.547. The zero-order valence-corrected chi connectivity index (χ0v) is 16.6. The van der Waals surface area contributed by atoms with E-state index in [-0.39, 0.29) is 0 Å². The number of thiophene rings is 1. The molecule has 1 fully saturated rings. The van der Waals surface area contributed by atoms with Gasteiger partial charge >= 0.3 is 0 Å². The number of fused-ring (bicyclic) bond motifs is 1. The monoisotopic (exact) mass is 381 g/mol. The fourth-order valence-electron chi connectivity index (χ4n) is 3.20. The summed E-state index contributed by atoms with van der Waals surface area (Å²) in [6.45, 7) is 9.68. The lowest BCUT2D eigenvalue weighted by Crippen LogP contribution is -2.36. The first-order chi connectivity index (χ1) is 13.1. The lowest BCUT2D eigenvalue weighted by molar-refractivity contribution is 0.122. The van der Waals surface area contributed by atoms with Gasteiger partial charge in [0.1, 0.15) is 11.2 Å². The van der Waals surface area contributed by atoms with Crippen LogP contribution in [0.2, 0.25) is 0 Å². The predicted octanol–water partition coefficient (Wildman–Crippen LogP) is 3.98. The Bertz CT molecular complexity index is 974. The zero-order chi connectivity index (χ0) is 18.8. The molecule has 0 unspecified atom stereocenters. The summed E-state index contributed by atoms with van der Waals surface area (Å²) in [5.74, 6) is 0.756. The van der Waals surface area contributed by atoms with Crippen molar-refractivity contribution in [3.63, 3.8) is 0 Å². The van der Waals surface area contributed by atoms with Crippen molar-refractivity contribution in [2.75, 3.05) is 36.6 Å². The maximum absolute atomic E-state index is 5.42. The van der Waals surface area contributed by atoms with Crippen LogP contribution in [-0.2, 0) is 4.74 Å². The first-order valence-electron chi connectivity index (χ1n) is 9.07. The van der Waals surface area contributed by atoms with Crippen LogP contribution < -0.4 is 10.3 Å². The summed E-state index contributed by atoms with van der Waals surface area (Å²) in [5, 5.41) is 5.61. The Balaban J connectivity index is 1.53. The van der Waals surface area contributed by atoms with E-state index in [1.807, 2.05) is 6.92 Å². The fraction of sp³-hybridized carbons (Fsp3) is 0.350. The van der Waals surface area contributed by atoms with E-state index >= 15 is 0 Å². The Kier molecular flexibility index (Phi) is 5.05. The van der Waals surface area contributed by atoms with Gasteiger partial charge in [0.2, 0.25) is 0 Å². The van der Waals surface area contributed by atoms with E-state index in [0.29, 0.717) is 0 Å². The van der Waals surface area contributed by atoms with Crippen LogP contribution in [0.15, 0.2) is 35.7 Å². The number of rotatable bonds is 4. The zero-order valence-electron chi connectivity index (χ0n) is 15.8. The molecule has 0 atom stereocenters. The van der Waals surface area contributed by atoms with Crippen molar-refractivity contribution in [2.45, 2.75) is 20.8 Å². The van der Waals surface area contributed by atoms with Gasteiger partial charge in [-0.1, -0.05) is 12.1 Å². The normalized spacial score (nSPS) is 15.4. The Morgan fingerprint density at radius 2 is 1.89 bits per heavy atom. The molecule has 0 amide bonds. The molecule has 1 saturated heterocycles. The van der Waals surface area contributed by atoms with Gasteiger partial charge in [0.05, 0.1) is 24.3 Å². The molecule has 3 aromatic rings. The first kappa shape index (κ1) is 17.9. The number of morpholine rings is 1. The van der Waals surface area contributed by atoms with Crippen molar-refractivity contribution >= 4 is 38.8 Å². The number of nitrogens with zero attached hydrogens (tertiary/aromatic N) is 4. The highest BCUT2D eigenvalue weighted by molar-refractivity contribution is 7.18. The van der Waals surface area contributed by atoms with Crippen LogP contribution in [0, 0.1) is 13.8 Å². The lowest BCUT2D eigenvalue weighted by atomic mass is 10.1. The summed E-state index contributed by atoms with van der Waals surface area (Å²) in [6.07, 6.45) is 1.59. The van der Waals surface area contributed by atoms with E-state index in [0.717, 1.165) is 53.6 Å². The minimum atomic E-state index is 0.756. The van der Waals surface area contributed by atoms with E-state index in [9.17, 15) is 0 Å². The SMILES string of the molecule is C/C(=N/Nc1ncnc2sc(C)c(C)c12)c1ccc(N2CCOCC2)cc1. The average molecular weight is 382 g/mol. The van der Waals surface area contributed by atoms with Crippen LogP contribution in [0.5, 0.6) is 0 Å². The van der Waals surface area contributed by atoms with E-state index in [2.05, 4.69) is 63.5 Å². The highest BCUT2D eigenvalue weighted by atomic mass is 32.1. The standard InChI is InChI=1S/C20H23N5OS/c1-13-15(3)27-20-18(13)19(21-12-22-20)24-23-14(2)16-4-6-17(7-5-16)25-8-10-26-11-9-25/h4-7,12H,8-11H2,1-3H3,(H,21,22,24)/b23-14-. The minimum absolute atomic E-state index is 0.756. The highest BCUT2D eigenvalue weighted by Crippen LogP contribution is 2.32. The number of aryl methyl sites for hydroxylation is 2. The van der Waals surface area contributed by atoms with Crippen molar-refractivity contribution in [1.29, 1.82) is 0 Å². The van der Waals surface area contributed by atoms with Gasteiger partial charge in [-0.2, -0.15) is 5.10 Å². The van der Waals surface area contributed by atoms with Crippen LogP contribution in [0.3, 0.4) is 0 Å². The number of hydrogen-bond donors (Lipinski definition) is 1. The third kappa shape index (κ3) is 3.65. The van der Waals surface area contributed by atoms with Crippen LogP contribution in [0.25, 0.3) is 10.2 Å². The molecule has 3 heterocycles. The van der Waals surface area contributed by atoms with Gasteiger partial charge < -0.3 is 9.64 Å². The molecule has 1 N–H and O–H groups in total. The molecule has 1 aromatic carbocycles. The Hall–Kier alpha value is -2.51. The summed E-state index contributed by atoms with van der Waals surface area (Å²) >= 11 is 1.69. The van der Waals surface area contributed by atoms with Crippen LogP contribution in [0.1, 0.15) is 22.9 Å². The molecule has 2 aromatic heterocycles. The van der Waals surface area contributed by atoms with Crippen LogP contribution >= 0.6 is 11.3 Å². The van der Waals surface area contributed by atoms with Gasteiger partial charge in [-0.3, -0.25) is 5.43 Å². The molecular formula is C20H23N5OS. The molecule has 27 heavy (non-hydrogen) atoms. The Labute approximate surface area is 162 Å². The van der Waals surface area contributed by atoms with Crippen molar-refractivity contribution in [3.8, 4) is 0 Å². The number of hydrogen-bond acceptors (Lipinski definition) is 7. The van der Waals surface area contributed by atoms with Gasteiger partial charge in [-0.15, -0.1) is 11.3 Å². The second-order valence-corrected chi connectivity index (χ2v) is 7.84. The van der Waals surface area contributed by atoms with Crippen molar-refractivity contribution < 1.29 is 4.74 Å². The van der Waals surface area contributed by atoms with Gasteiger partial charge in [-0.05, 0) is 44.0 Å². The van der Waals surface area contributed by atoms with Crippen molar-refractivity contribution in [3.05, 3.63) is 46.6 Å². The number of hydrazone groups is 1. The summed E-state index contributed by atoms with van der Waals surface area (Å²) in [5.41, 5.74) is 7.57. The largest absolute Gasteiger partial charge is 0.378 e. The molecule has 1 aliphatic rings. The summed E-state index contributed by atoms with van der Waals surface area (Å²) in [4.78, 5) is 13.3. The number of anilines is 2. The number of nitrogens with one attached hydrogen (secondary N) is 1. The molecule has 0 spiro atoms. The van der Waals surface area contributed by atoms with Gasteiger partial charge in [0, 0.05) is 23.7 Å². The summed E-state index contributed by atoms with van der Waals surface area (Å²) < 4.78 is 5.42. The molecule has 140 valence electrons. The smallest absolute Gasteiger partial charge is 0.158 e. The minimum Gasteiger partial charge on any atom is -0.378 e. The van der Waals surface area contributed by atoms with Gasteiger partial charge in [0.25, 0.3) is 0 Å². The predicted molar refractivity (Wildman–Crippen MR) is 112 cm³/mol. The van der Waals surface area contributed by atoms with Gasteiger partial charge in [0.15, 0.2) is 5.82 Å². The average Bonchev–Trinajstić information content (AvgIpc) is 3.01. The Morgan fingerprint density at radius 3 is 2.63 bits per heavy atom. The van der Waals surface area contributed by atoms with E-state index in [4.69, 9.17) is 4.74 Å². The van der Waals surface area contributed by atoms with Crippen molar-refractivity contribution in [1.82, 2.24) is 9.97 Å². The summed E-state index contributed by atoms with van der Waals surface area (Å²) in [7, 11) is 0. The van der Waals surface area contributed by atoms with Gasteiger partial charge in [-0.25, -0.2) is 9.97 Å². The number of ether oxygens (including phenoxy) is 1. The molecule has 6 nitrogen and oxygen atoms in total. The molecule has 1 aliphatic heterocycles. The number of benzene rings is 1. The first-order valence-corrected chi connectivity index (χ1v) is 9.89. The molecule has 0 bridgehead atoms. The van der Waals surface area contributed by atoms with Crippen molar-refractivity contribution in [2.24, 2.45) is 5.10 Å². The third-order valence-electron chi connectivity index (χ3n) is 4.96. The molecule has 0 aliphatic carbocycles. The highest BCUT2D eigenvalue weighted by Gasteiger charge is 2.13. The molecule has 7 heteroatoms. The number of aromatic nitrogens is 2. The van der Waals surface area contributed by atoms with E-state index < -0.39 is 0 Å². The van der Waals surface area contributed by atoms with E-state index in [1.165, 1.54) is 16.1 Å². The van der Waals surface area contributed by atoms with Crippen LogP contribution in [-0.4, -0.2) is 42.0 Å². The topological polar surface area (TPSA) is 62.6 Å². The maximum Gasteiger partial charge on any atom is 0.158 e. The second kappa shape index (κ2) is 7.62.